The number of rotatable bonds is 6. The number of para-hydroxylation sites is 1. The molecule has 110 valence electrons. The zero-order valence-corrected chi connectivity index (χ0v) is 12.4. The van der Waals surface area contributed by atoms with Crippen LogP contribution in [-0.2, 0) is 0 Å². The lowest BCUT2D eigenvalue weighted by atomic mass is 9.91. The molecule has 0 bridgehead atoms. The maximum Gasteiger partial charge on any atom is 0.147 e. The Balaban J connectivity index is 1.72. The molecule has 0 amide bonds. The zero-order valence-electron chi connectivity index (χ0n) is 12.4. The highest BCUT2D eigenvalue weighted by atomic mass is 16.6. The van der Waals surface area contributed by atoms with Crippen molar-refractivity contribution in [2.75, 3.05) is 6.54 Å². The molecule has 0 radical (unpaired) electrons. The van der Waals surface area contributed by atoms with Gasteiger partial charge in [0.2, 0.25) is 0 Å². The largest absolute Gasteiger partial charge is 0.409 e. The molecule has 0 aliphatic heterocycles. The highest BCUT2D eigenvalue weighted by Crippen LogP contribution is 2.23. The molecular weight excluding hydrogens is 270 g/mol. The van der Waals surface area contributed by atoms with E-state index in [9.17, 15) is 0 Å². The van der Waals surface area contributed by atoms with Gasteiger partial charge in [-0.2, -0.15) is 5.48 Å². The lowest BCUT2D eigenvalue weighted by Crippen LogP contribution is -2.25. The van der Waals surface area contributed by atoms with Crippen LogP contribution in [-0.4, -0.2) is 6.54 Å². The van der Waals surface area contributed by atoms with E-state index < -0.39 is 0 Å². The van der Waals surface area contributed by atoms with Gasteiger partial charge in [0.25, 0.3) is 0 Å². The van der Waals surface area contributed by atoms with Crippen LogP contribution < -0.4 is 10.3 Å². The van der Waals surface area contributed by atoms with Crippen LogP contribution in [0.3, 0.4) is 0 Å². The van der Waals surface area contributed by atoms with E-state index in [0.717, 1.165) is 5.75 Å². The third kappa shape index (κ3) is 3.74. The highest BCUT2D eigenvalue weighted by molar-refractivity contribution is 5.32. The average Bonchev–Trinajstić information content (AvgIpc) is 2.61. The normalized spacial score (nSPS) is 10.6. The molecule has 0 atom stereocenters. The molecule has 0 aliphatic carbocycles. The molecule has 0 aliphatic rings. The Hall–Kier alpha value is -2.58. The standard InChI is InChI=1S/C20H19NO/c1-4-10-17(11-5-1)20(18-12-6-2-7-13-18)16-21-22-19-14-8-3-9-15-19/h1-15,20-21H,16H2. The van der Waals surface area contributed by atoms with Crippen LogP contribution in [0.15, 0.2) is 91.0 Å². The first-order chi connectivity index (χ1) is 10.9. The summed E-state index contributed by atoms with van der Waals surface area (Å²) in [7, 11) is 0. The molecular formula is C20H19NO. The predicted octanol–water partition coefficient (Wildman–Crippen LogP) is 4.40. The minimum Gasteiger partial charge on any atom is -0.409 e. The van der Waals surface area contributed by atoms with Gasteiger partial charge in [0, 0.05) is 12.5 Å². The van der Waals surface area contributed by atoms with Gasteiger partial charge >= 0.3 is 0 Å². The lowest BCUT2D eigenvalue weighted by molar-refractivity contribution is 0.192. The second kappa shape index (κ2) is 7.43. The predicted molar refractivity (Wildman–Crippen MR) is 89.8 cm³/mol. The second-order valence-electron chi connectivity index (χ2n) is 5.14. The quantitative estimate of drug-likeness (QED) is 0.679. The summed E-state index contributed by atoms with van der Waals surface area (Å²) in [5.74, 6) is 1.08. The molecule has 0 saturated heterocycles. The average molecular weight is 289 g/mol. The number of hydroxylamine groups is 1. The molecule has 3 rings (SSSR count). The second-order valence-corrected chi connectivity index (χ2v) is 5.14. The fourth-order valence-electron chi connectivity index (χ4n) is 2.50. The summed E-state index contributed by atoms with van der Waals surface area (Å²) in [5, 5.41) is 0. The van der Waals surface area contributed by atoms with E-state index in [0.29, 0.717) is 6.54 Å². The summed E-state index contributed by atoms with van der Waals surface area (Å²) >= 11 is 0. The Kier molecular flexibility index (Phi) is 4.85. The first-order valence-electron chi connectivity index (χ1n) is 7.48. The van der Waals surface area contributed by atoms with Crippen LogP contribution in [0, 0.1) is 0 Å². The Labute approximate surface area is 131 Å². The highest BCUT2D eigenvalue weighted by Gasteiger charge is 2.13. The van der Waals surface area contributed by atoms with Crippen molar-refractivity contribution >= 4 is 0 Å². The minimum absolute atomic E-state index is 0.256. The zero-order chi connectivity index (χ0) is 15.0. The molecule has 2 nitrogen and oxygen atoms in total. The maximum atomic E-state index is 5.63. The van der Waals surface area contributed by atoms with E-state index in [2.05, 4.69) is 54.0 Å². The van der Waals surface area contributed by atoms with Crippen LogP contribution >= 0.6 is 0 Å². The Bertz CT molecular complexity index is 628. The smallest absolute Gasteiger partial charge is 0.147 e. The van der Waals surface area contributed by atoms with Gasteiger partial charge in [-0.1, -0.05) is 78.9 Å². The first-order valence-corrected chi connectivity index (χ1v) is 7.48. The van der Waals surface area contributed by atoms with Crippen molar-refractivity contribution < 1.29 is 4.84 Å². The van der Waals surface area contributed by atoms with E-state index >= 15 is 0 Å². The summed E-state index contributed by atoms with van der Waals surface area (Å²) < 4.78 is 0. The Morgan fingerprint density at radius 1 is 0.636 bits per heavy atom. The number of hydrogen-bond donors (Lipinski definition) is 1. The minimum atomic E-state index is 0.256. The lowest BCUT2D eigenvalue weighted by Gasteiger charge is -2.19. The van der Waals surface area contributed by atoms with Gasteiger partial charge in [0.05, 0.1) is 0 Å². The van der Waals surface area contributed by atoms with E-state index in [1.54, 1.807) is 0 Å². The fraction of sp³-hybridized carbons (Fsp3) is 0.100. The van der Waals surface area contributed by atoms with E-state index in [4.69, 9.17) is 4.84 Å². The number of benzene rings is 3. The summed E-state index contributed by atoms with van der Waals surface area (Å²) in [6.07, 6.45) is 0. The van der Waals surface area contributed by atoms with Crippen LogP contribution in [0.2, 0.25) is 0 Å². The summed E-state index contributed by atoms with van der Waals surface area (Å²) in [6.45, 7) is 0.711. The van der Waals surface area contributed by atoms with Crippen molar-refractivity contribution in [1.29, 1.82) is 0 Å². The Morgan fingerprint density at radius 2 is 1.09 bits per heavy atom. The van der Waals surface area contributed by atoms with Gasteiger partial charge in [-0.05, 0) is 23.3 Å². The van der Waals surface area contributed by atoms with E-state index in [1.807, 2.05) is 42.5 Å². The van der Waals surface area contributed by atoms with Crippen LogP contribution in [0.25, 0.3) is 0 Å². The summed E-state index contributed by atoms with van der Waals surface area (Å²) in [4.78, 5) is 5.63. The van der Waals surface area contributed by atoms with E-state index in [-0.39, 0.29) is 5.92 Å². The summed E-state index contributed by atoms with van der Waals surface area (Å²) in [6, 6.07) is 30.8. The topological polar surface area (TPSA) is 21.3 Å². The molecule has 0 fully saturated rings. The van der Waals surface area contributed by atoms with Gasteiger partial charge in [0.15, 0.2) is 0 Å². The first kappa shape index (κ1) is 14.4. The van der Waals surface area contributed by atoms with Crippen LogP contribution in [0.1, 0.15) is 17.0 Å². The molecule has 1 N–H and O–H groups in total. The van der Waals surface area contributed by atoms with Gasteiger partial charge in [-0.15, -0.1) is 0 Å². The maximum absolute atomic E-state index is 5.63. The van der Waals surface area contributed by atoms with Gasteiger partial charge < -0.3 is 4.84 Å². The summed E-state index contributed by atoms with van der Waals surface area (Å²) in [5.41, 5.74) is 5.65. The monoisotopic (exact) mass is 289 g/mol. The van der Waals surface area contributed by atoms with Crippen molar-refractivity contribution in [2.45, 2.75) is 5.92 Å². The third-order valence-electron chi connectivity index (χ3n) is 3.62. The van der Waals surface area contributed by atoms with Crippen molar-refractivity contribution in [2.24, 2.45) is 0 Å². The van der Waals surface area contributed by atoms with Crippen molar-refractivity contribution in [3.63, 3.8) is 0 Å². The molecule has 0 heterocycles. The van der Waals surface area contributed by atoms with Crippen LogP contribution in [0.5, 0.6) is 5.75 Å². The van der Waals surface area contributed by atoms with E-state index in [1.165, 1.54) is 11.1 Å². The number of hydrogen-bond acceptors (Lipinski definition) is 2. The Morgan fingerprint density at radius 3 is 1.59 bits per heavy atom. The molecule has 0 spiro atoms. The molecule has 0 saturated carbocycles. The van der Waals surface area contributed by atoms with Gasteiger partial charge in [-0.25, -0.2) is 0 Å². The molecule has 2 heteroatoms. The fourth-order valence-corrected chi connectivity index (χ4v) is 2.50. The SMILES string of the molecule is c1ccc(ONCC(c2ccccc2)c2ccccc2)cc1. The van der Waals surface area contributed by atoms with Gasteiger partial charge in [-0.3, -0.25) is 0 Å². The molecule has 0 unspecified atom stereocenters. The van der Waals surface area contributed by atoms with Crippen molar-refractivity contribution in [3.05, 3.63) is 102 Å². The third-order valence-corrected chi connectivity index (χ3v) is 3.62. The number of nitrogens with one attached hydrogen (secondary N) is 1. The molecule has 3 aromatic carbocycles. The molecule has 3 aromatic rings. The van der Waals surface area contributed by atoms with Gasteiger partial charge in [0.1, 0.15) is 5.75 Å². The molecule has 22 heavy (non-hydrogen) atoms. The van der Waals surface area contributed by atoms with Crippen molar-refractivity contribution in [1.82, 2.24) is 5.48 Å². The molecule has 0 aromatic heterocycles. The van der Waals surface area contributed by atoms with Crippen LogP contribution in [0.4, 0.5) is 0 Å². The van der Waals surface area contributed by atoms with Crippen molar-refractivity contribution in [3.8, 4) is 5.75 Å².